The van der Waals surface area contributed by atoms with Crippen LogP contribution in [0, 0.1) is 0 Å². The summed E-state index contributed by atoms with van der Waals surface area (Å²) in [5, 5.41) is 3.58. The number of halogens is 1. The normalized spacial score (nSPS) is 16.9. The third-order valence-electron chi connectivity index (χ3n) is 8.50. The first kappa shape index (κ1) is 32.5. The Hall–Kier alpha value is -3.92. The number of fused-ring (bicyclic) bond motifs is 1. The number of carbonyl (C=O) groups is 3. The highest BCUT2D eigenvalue weighted by molar-refractivity contribution is 6.30. The minimum Gasteiger partial charge on any atom is -0.493 e. The lowest BCUT2D eigenvalue weighted by Gasteiger charge is -2.34. The summed E-state index contributed by atoms with van der Waals surface area (Å²) in [4.78, 5) is 44.4. The number of benzene rings is 3. The number of hydrogen-bond acceptors (Lipinski definition) is 6. The molecule has 10 heteroatoms. The monoisotopic (exact) mass is 632 g/mol. The van der Waals surface area contributed by atoms with Gasteiger partial charge in [-0.05, 0) is 92.4 Å². The highest BCUT2D eigenvalue weighted by Gasteiger charge is 2.27. The predicted octanol–water partition coefficient (Wildman–Crippen LogP) is 5.52. The summed E-state index contributed by atoms with van der Waals surface area (Å²) in [6.45, 7) is 6.89. The number of para-hydroxylation sites is 1. The highest BCUT2D eigenvalue weighted by Crippen LogP contribution is 2.31. The number of anilines is 2. The number of piperazine rings is 1. The molecule has 0 saturated carbocycles. The maximum Gasteiger partial charge on any atom is 0.259 e. The first-order valence-corrected chi connectivity index (χ1v) is 15.9. The number of amides is 3. The van der Waals surface area contributed by atoms with Gasteiger partial charge in [0.05, 0.1) is 24.8 Å². The zero-order chi connectivity index (χ0) is 31.8. The lowest BCUT2D eigenvalue weighted by molar-refractivity contribution is -0.130. The van der Waals surface area contributed by atoms with Gasteiger partial charge in [0.25, 0.3) is 11.8 Å². The summed E-state index contributed by atoms with van der Waals surface area (Å²) in [5.74, 6) is 0.246. The summed E-state index contributed by atoms with van der Waals surface area (Å²) in [7, 11) is 1.67. The molecule has 0 spiro atoms. The Morgan fingerprint density at radius 1 is 0.956 bits per heavy atom. The molecular weight excluding hydrogens is 592 g/mol. The van der Waals surface area contributed by atoms with Crippen molar-refractivity contribution in [2.24, 2.45) is 0 Å². The van der Waals surface area contributed by atoms with Gasteiger partial charge in [0.2, 0.25) is 5.91 Å². The standard InChI is InChI=1S/C35H41ClN4O5/c1-25(41)39-20-18-38(19-21-39)17-5-6-22-45-33-8-4-3-7-31(33)34(42)37-29-13-9-26(10-14-29)35(43)40-24-30(44-2)15-11-27-23-28(36)12-16-32(27)40/h3-4,7-10,12-14,16,23,30H,5-6,11,15,17-22,24H2,1-2H3,(H,37,42). The largest absolute Gasteiger partial charge is 0.493 e. The van der Waals surface area contributed by atoms with E-state index in [4.69, 9.17) is 21.1 Å². The van der Waals surface area contributed by atoms with Crippen molar-refractivity contribution < 1.29 is 23.9 Å². The van der Waals surface area contributed by atoms with Crippen molar-refractivity contribution in [1.29, 1.82) is 0 Å². The number of aryl methyl sites for hydroxylation is 1. The third-order valence-corrected chi connectivity index (χ3v) is 8.73. The van der Waals surface area contributed by atoms with E-state index in [0.717, 1.165) is 69.7 Å². The van der Waals surface area contributed by atoms with E-state index in [9.17, 15) is 14.4 Å². The lowest BCUT2D eigenvalue weighted by atomic mass is 10.1. The molecule has 1 fully saturated rings. The zero-order valence-electron chi connectivity index (χ0n) is 26.0. The molecule has 0 radical (unpaired) electrons. The van der Waals surface area contributed by atoms with Crippen molar-refractivity contribution in [1.82, 2.24) is 9.80 Å². The molecular formula is C35H41ClN4O5. The third kappa shape index (κ3) is 8.42. The fourth-order valence-electron chi connectivity index (χ4n) is 5.85. The van der Waals surface area contributed by atoms with E-state index >= 15 is 0 Å². The minimum atomic E-state index is -0.283. The Morgan fingerprint density at radius 3 is 2.44 bits per heavy atom. The van der Waals surface area contributed by atoms with Crippen LogP contribution >= 0.6 is 11.6 Å². The van der Waals surface area contributed by atoms with Crippen molar-refractivity contribution in [2.45, 2.75) is 38.7 Å². The number of ether oxygens (including phenoxy) is 2. The van der Waals surface area contributed by atoms with Crippen LogP contribution in [-0.2, 0) is 16.0 Å². The highest BCUT2D eigenvalue weighted by atomic mass is 35.5. The van der Waals surface area contributed by atoms with Crippen LogP contribution in [0.2, 0.25) is 5.02 Å². The molecule has 2 aliphatic rings. The van der Waals surface area contributed by atoms with E-state index in [1.807, 2.05) is 29.2 Å². The molecule has 238 valence electrons. The predicted molar refractivity (Wildman–Crippen MR) is 177 cm³/mol. The summed E-state index contributed by atoms with van der Waals surface area (Å²) >= 11 is 6.25. The minimum absolute atomic E-state index is 0.0873. The molecule has 2 aliphatic heterocycles. The molecule has 2 heterocycles. The van der Waals surface area contributed by atoms with Gasteiger partial charge in [-0.15, -0.1) is 0 Å². The van der Waals surface area contributed by atoms with Crippen LogP contribution in [0.1, 0.15) is 52.5 Å². The van der Waals surface area contributed by atoms with E-state index in [-0.39, 0.29) is 23.8 Å². The Kier molecular flexibility index (Phi) is 11.1. The van der Waals surface area contributed by atoms with Gasteiger partial charge in [-0.3, -0.25) is 19.3 Å². The maximum atomic E-state index is 13.7. The van der Waals surface area contributed by atoms with Gasteiger partial charge in [-0.1, -0.05) is 23.7 Å². The summed E-state index contributed by atoms with van der Waals surface area (Å²) in [6, 6.07) is 19.7. The molecule has 3 aromatic rings. The zero-order valence-corrected chi connectivity index (χ0v) is 26.7. The first-order chi connectivity index (χ1) is 21.8. The molecule has 0 aliphatic carbocycles. The van der Waals surface area contributed by atoms with Crippen molar-refractivity contribution in [3.05, 3.63) is 88.4 Å². The quantitative estimate of drug-likeness (QED) is 0.296. The number of unbranched alkanes of at least 4 members (excludes halogenated alkanes) is 1. The second-order valence-corrected chi connectivity index (χ2v) is 12.0. The van der Waals surface area contributed by atoms with Crippen molar-refractivity contribution in [2.75, 3.05) is 63.2 Å². The van der Waals surface area contributed by atoms with E-state index < -0.39 is 0 Å². The van der Waals surface area contributed by atoms with E-state index in [1.54, 1.807) is 61.4 Å². The van der Waals surface area contributed by atoms with Crippen LogP contribution < -0.4 is 15.0 Å². The Labute approximate surface area is 270 Å². The fraction of sp³-hybridized carbons (Fsp3) is 0.400. The van der Waals surface area contributed by atoms with E-state index in [1.165, 1.54) is 0 Å². The SMILES string of the molecule is COC1CCc2cc(Cl)ccc2N(C(=O)c2ccc(NC(=O)c3ccccc3OCCCCN3CCN(C(C)=O)CC3)cc2)C1. The van der Waals surface area contributed by atoms with Crippen molar-refractivity contribution in [3.8, 4) is 5.75 Å². The van der Waals surface area contributed by atoms with Gasteiger partial charge in [-0.25, -0.2) is 0 Å². The number of hydrogen-bond donors (Lipinski definition) is 1. The molecule has 3 amide bonds. The Bertz CT molecular complexity index is 1490. The average molecular weight is 633 g/mol. The Morgan fingerprint density at radius 2 is 1.71 bits per heavy atom. The molecule has 1 N–H and O–H groups in total. The summed E-state index contributed by atoms with van der Waals surface area (Å²) in [5.41, 5.74) is 3.39. The second-order valence-electron chi connectivity index (χ2n) is 11.5. The molecule has 0 aromatic heterocycles. The molecule has 45 heavy (non-hydrogen) atoms. The van der Waals surface area contributed by atoms with Gasteiger partial charge in [0.15, 0.2) is 0 Å². The van der Waals surface area contributed by atoms with Crippen LogP contribution in [-0.4, -0.2) is 86.6 Å². The van der Waals surface area contributed by atoms with Gasteiger partial charge in [-0.2, -0.15) is 0 Å². The molecule has 1 atom stereocenters. The van der Waals surface area contributed by atoms with E-state index in [2.05, 4.69) is 10.2 Å². The van der Waals surface area contributed by atoms with Gasteiger partial charge < -0.3 is 24.6 Å². The van der Waals surface area contributed by atoms with Crippen molar-refractivity contribution >= 4 is 40.7 Å². The van der Waals surface area contributed by atoms with Crippen molar-refractivity contribution in [3.63, 3.8) is 0 Å². The number of carbonyl (C=O) groups excluding carboxylic acids is 3. The Balaban J connectivity index is 1.15. The van der Waals surface area contributed by atoms with Crippen LogP contribution in [0.3, 0.4) is 0 Å². The van der Waals surface area contributed by atoms with Crippen LogP contribution in [0.15, 0.2) is 66.7 Å². The van der Waals surface area contributed by atoms with E-state index in [0.29, 0.717) is 40.7 Å². The van der Waals surface area contributed by atoms with Gasteiger partial charge in [0.1, 0.15) is 5.75 Å². The van der Waals surface area contributed by atoms with Crippen LogP contribution in [0.25, 0.3) is 0 Å². The summed E-state index contributed by atoms with van der Waals surface area (Å²) < 4.78 is 11.7. The fourth-order valence-corrected chi connectivity index (χ4v) is 6.04. The lowest BCUT2D eigenvalue weighted by Crippen LogP contribution is -2.48. The summed E-state index contributed by atoms with van der Waals surface area (Å²) in [6.07, 6.45) is 3.32. The van der Waals surface area contributed by atoms with Gasteiger partial charge >= 0.3 is 0 Å². The average Bonchev–Trinajstić information content (AvgIpc) is 3.24. The smallest absolute Gasteiger partial charge is 0.259 e. The van der Waals surface area contributed by atoms with Crippen LogP contribution in [0.4, 0.5) is 11.4 Å². The molecule has 1 unspecified atom stereocenters. The molecule has 0 bridgehead atoms. The number of nitrogens with one attached hydrogen (secondary N) is 1. The number of rotatable bonds is 10. The molecule has 5 rings (SSSR count). The topological polar surface area (TPSA) is 91.4 Å². The molecule has 9 nitrogen and oxygen atoms in total. The van der Waals surface area contributed by atoms with Gasteiger partial charge in [0, 0.05) is 62.2 Å². The first-order valence-electron chi connectivity index (χ1n) is 15.6. The maximum absolute atomic E-state index is 13.7. The number of nitrogens with zero attached hydrogens (tertiary/aromatic N) is 3. The number of methoxy groups -OCH3 is 1. The molecule has 3 aromatic carbocycles. The van der Waals surface area contributed by atoms with Crippen LogP contribution in [0.5, 0.6) is 5.75 Å². The molecule has 1 saturated heterocycles. The second kappa shape index (κ2) is 15.4.